The third kappa shape index (κ3) is 3.01. The standard InChI is InChI=1S/C14H14N2O3/c1-9(17)16-13(14(18)19-2)8-10-3-4-11-5-6-15-12(11)7-10/h3-8,15H,1-2H3,(H,16,17)/b13-8-. The van der Waals surface area contributed by atoms with E-state index in [1.165, 1.54) is 14.0 Å². The van der Waals surface area contributed by atoms with Crippen molar-refractivity contribution < 1.29 is 14.3 Å². The van der Waals surface area contributed by atoms with Crippen molar-refractivity contribution in [2.75, 3.05) is 7.11 Å². The van der Waals surface area contributed by atoms with Crippen molar-refractivity contribution in [2.45, 2.75) is 6.92 Å². The summed E-state index contributed by atoms with van der Waals surface area (Å²) >= 11 is 0. The van der Waals surface area contributed by atoms with E-state index in [1.807, 2.05) is 30.5 Å². The van der Waals surface area contributed by atoms with Crippen LogP contribution in [0.2, 0.25) is 0 Å². The number of hydrogen-bond donors (Lipinski definition) is 2. The van der Waals surface area contributed by atoms with E-state index in [2.05, 4.69) is 15.0 Å². The second-order valence-electron chi connectivity index (χ2n) is 4.06. The zero-order chi connectivity index (χ0) is 13.8. The fraction of sp³-hybridized carbons (Fsp3) is 0.143. The van der Waals surface area contributed by atoms with E-state index < -0.39 is 5.97 Å². The summed E-state index contributed by atoms with van der Waals surface area (Å²) in [6, 6.07) is 7.64. The van der Waals surface area contributed by atoms with Crippen LogP contribution < -0.4 is 5.32 Å². The molecule has 0 spiro atoms. The molecule has 1 aromatic heterocycles. The highest BCUT2D eigenvalue weighted by Gasteiger charge is 2.11. The second-order valence-corrected chi connectivity index (χ2v) is 4.06. The van der Waals surface area contributed by atoms with Crippen molar-refractivity contribution in [2.24, 2.45) is 0 Å². The Morgan fingerprint density at radius 1 is 1.32 bits per heavy atom. The molecule has 0 atom stereocenters. The van der Waals surface area contributed by atoms with Crippen LogP contribution in [0.4, 0.5) is 0 Å². The summed E-state index contributed by atoms with van der Waals surface area (Å²) in [5, 5.41) is 3.54. The van der Waals surface area contributed by atoms with Crippen LogP contribution in [0.3, 0.4) is 0 Å². The molecule has 2 rings (SSSR count). The molecule has 0 saturated carbocycles. The van der Waals surface area contributed by atoms with Crippen molar-refractivity contribution in [3.63, 3.8) is 0 Å². The molecule has 1 aromatic carbocycles. The quantitative estimate of drug-likeness (QED) is 0.651. The Bertz CT molecular complexity index is 656. The monoisotopic (exact) mass is 258 g/mol. The first-order valence-electron chi connectivity index (χ1n) is 5.75. The number of carbonyl (C=O) groups excluding carboxylic acids is 2. The summed E-state index contributed by atoms with van der Waals surface area (Å²) in [6.45, 7) is 1.34. The molecule has 0 fully saturated rings. The highest BCUT2D eigenvalue weighted by molar-refractivity contribution is 5.98. The number of esters is 1. The predicted molar refractivity (Wildman–Crippen MR) is 72.1 cm³/mol. The molecule has 0 unspecified atom stereocenters. The van der Waals surface area contributed by atoms with Crippen LogP contribution in [0.25, 0.3) is 17.0 Å². The minimum atomic E-state index is -0.582. The molecule has 0 aliphatic carbocycles. The molecule has 1 heterocycles. The average Bonchev–Trinajstić information content (AvgIpc) is 2.84. The fourth-order valence-electron chi connectivity index (χ4n) is 1.77. The molecule has 98 valence electrons. The van der Waals surface area contributed by atoms with Gasteiger partial charge in [0.05, 0.1) is 7.11 Å². The van der Waals surface area contributed by atoms with Gasteiger partial charge >= 0.3 is 5.97 Å². The third-order valence-corrected chi connectivity index (χ3v) is 2.61. The Morgan fingerprint density at radius 2 is 2.11 bits per heavy atom. The molecular formula is C14H14N2O3. The lowest BCUT2D eigenvalue weighted by atomic mass is 10.1. The number of hydrogen-bond acceptors (Lipinski definition) is 3. The van der Waals surface area contributed by atoms with Crippen LogP contribution in [0.1, 0.15) is 12.5 Å². The highest BCUT2D eigenvalue weighted by atomic mass is 16.5. The summed E-state index contributed by atoms with van der Waals surface area (Å²) in [7, 11) is 1.27. The topological polar surface area (TPSA) is 71.2 Å². The van der Waals surface area contributed by atoms with Crippen LogP contribution in [-0.2, 0) is 14.3 Å². The summed E-state index contributed by atoms with van der Waals surface area (Å²) in [5.74, 6) is -0.903. The molecule has 1 amide bonds. The molecule has 0 aliphatic heterocycles. The predicted octanol–water partition coefficient (Wildman–Crippen LogP) is 1.82. The lowest BCUT2D eigenvalue weighted by Gasteiger charge is -2.06. The minimum Gasteiger partial charge on any atom is -0.464 e. The normalized spacial score (nSPS) is 11.4. The molecule has 0 bridgehead atoms. The van der Waals surface area contributed by atoms with Crippen LogP contribution in [0.15, 0.2) is 36.2 Å². The van der Waals surface area contributed by atoms with Gasteiger partial charge in [0.15, 0.2) is 0 Å². The van der Waals surface area contributed by atoms with Crippen molar-refractivity contribution >= 4 is 28.9 Å². The maximum absolute atomic E-state index is 11.6. The number of amides is 1. The van der Waals surface area contributed by atoms with Gasteiger partial charge < -0.3 is 15.0 Å². The number of nitrogens with one attached hydrogen (secondary N) is 2. The summed E-state index contributed by atoms with van der Waals surface area (Å²) in [6.07, 6.45) is 3.42. The maximum Gasteiger partial charge on any atom is 0.354 e. The van der Waals surface area contributed by atoms with E-state index in [0.29, 0.717) is 0 Å². The van der Waals surface area contributed by atoms with Gasteiger partial charge in [-0.05, 0) is 29.2 Å². The Morgan fingerprint density at radius 3 is 2.79 bits per heavy atom. The van der Waals surface area contributed by atoms with Crippen molar-refractivity contribution in [1.82, 2.24) is 10.3 Å². The van der Waals surface area contributed by atoms with Crippen molar-refractivity contribution in [3.05, 3.63) is 41.7 Å². The zero-order valence-corrected chi connectivity index (χ0v) is 10.7. The molecule has 19 heavy (non-hydrogen) atoms. The van der Waals surface area contributed by atoms with E-state index >= 15 is 0 Å². The number of rotatable bonds is 3. The van der Waals surface area contributed by atoms with Gasteiger partial charge in [-0.15, -0.1) is 0 Å². The summed E-state index contributed by atoms with van der Waals surface area (Å²) < 4.78 is 4.63. The summed E-state index contributed by atoms with van der Waals surface area (Å²) in [4.78, 5) is 25.7. The first-order valence-corrected chi connectivity index (χ1v) is 5.75. The SMILES string of the molecule is COC(=O)/C(=C/c1ccc2cc[nH]c2c1)NC(C)=O. The van der Waals surface area contributed by atoms with Gasteiger partial charge in [0.25, 0.3) is 0 Å². The van der Waals surface area contributed by atoms with Gasteiger partial charge in [0.1, 0.15) is 5.70 Å². The first-order chi connectivity index (χ1) is 9.10. The Kier molecular flexibility index (Phi) is 3.66. The van der Waals surface area contributed by atoms with Gasteiger partial charge in [-0.2, -0.15) is 0 Å². The minimum absolute atomic E-state index is 0.112. The number of aromatic nitrogens is 1. The molecule has 2 aromatic rings. The Hall–Kier alpha value is -2.56. The van der Waals surface area contributed by atoms with Gasteiger partial charge in [-0.1, -0.05) is 12.1 Å². The number of carbonyl (C=O) groups is 2. The first kappa shape index (κ1) is 12.9. The molecule has 5 heteroatoms. The number of fused-ring (bicyclic) bond motifs is 1. The molecular weight excluding hydrogens is 244 g/mol. The smallest absolute Gasteiger partial charge is 0.354 e. The van der Waals surface area contributed by atoms with E-state index in [4.69, 9.17) is 0 Å². The number of benzene rings is 1. The molecule has 0 saturated heterocycles. The van der Waals surface area contributed by atoms with Crippen molar-refractivity contribution in [3.8, 4) is 0 Å². The van der Waals surface area contributed by atoms with Gasteiger partial charge in [-0.3, -0.25) is 4.79 Å². The van der Waals surface area contributed by atoms with Crippen LogP contribution in [-0.4, -0.2) is 24.0 Å². The van der Waals surface area contributed by atoms with Crippen LogP contribution in [0, 0.1) is 0 Å². The lowest BCUT2D eigenvalue weighted by Crippen LogP contribution is -2.25. The molecule has 0 aliphatic rings. The molecule has 0 radical (unpaired) electrons. The average molecular weight is 258 g/mol. The lowest BCUT2D eigenvalue weighted by molar-refractivity contribution is -0.137. The third-order valence-electron chi connectivity index (χ3n) is 2.61. The Balaban J connectivity index is 2.38. The van der Waals surface area contributed by atoms with Gasteiger partial charge in [0, 0.05) is 18.6 Å². The zero-order valence-electron chi connectivity index (χ0n) is 10.7. The summed E-state index contributed by atoms with van der Waals surface area (Å²) in [5.41, 5.74) is 1.87. The second kappa shape index (κ2) is 5.39. The molecule has 5 nitrogen and oxygen atoms in total. The van der Waals surface area contributed by atoms with Crippen LogP contribution >= 0.6 is 0 Å². The fourth-order valence-corrected chi connectivity index (χ4v) is 1.77. The Labute approximate surface area is 110 Å². The van der Waals surface area contributed by atoms with Gasteiger partial charge in [0.2, 0.25) is 5.91 Å². The van der Waals surface area contributed by atoms with Crippen molar-refractivity contribution in [1.29, 1.82) is 0 Å². The molecule has 2 N–H and O–H groups in total. The number of methoxy groups -OCH3 is 1. The van der Waals surface area contributed by atoms with E-state index in [1.54, 1.807) is 6.08 Å². The van der Waals surface area contributed by atoms with E-state index in [0.717, 1.165) is 16.5 Å². The van der Waals surface area contributed by atoms with Gasteiger partial charge in [-0.25, -0.2) is 4.79 Å². The highest BCUT2D eigenvalue weighted by Crippen LogP contribution is 2.16. The maximum atomic E-state index is 11.6. The van der Waals surface area contributed by atoms with E-state index in [9.17, 15) is 9.59 Å². The van der Waals surface area contributed by atoms with E-state index in [-0.39, 0.29) is 11.6 Å². The largest absolute Gasteiger partial charge is 0.464 e. The van der Waals surface area contributed by atoms with Crippen LogP contribution in [0.5, 0.6) is 0 Å². The number of ether oxygens (including phenoxy) is 1. The number of aromatic amines is 1. The number of H-pyrrole nitrogens is 1.